The fourth-order valence-corrected chi connectivity index (χ4v) is 19.1. The van der Waals surface area contributed by atoms with E-state index in [1.54, 1.807) is 0 Å². The van der Waals surface area contributed by atoms with E-state index in [9.17, 15) is 0 Å². The molecule has 0 saturated heterocycles. The highest BCUT2D eigenvalue weighted by Crippen LogP contribution is 2.59. The van der Waals surface area contributed by atoms with Crippen LogP contribution >= 0.6 is 0 Å². The Kier molecular flexibility index (Phi) is 13.4. The number of hydrogen-bond donors (Lipinski definition) is 0. The van der Waals surface area contributed by atoms with Gasteiger partial charge in [0.15, 0.2) is 0 Å². The molecule has 0 amide bonds. The van der Waals surface area contributed by atoms with Gasteiger partial charge in [0, 0.05) is 50.6 Å². The Hall–Kier alpha value is -11.1. The van der Waals surface area contributed by atoms with E-state index in [1.807, 2.05) is 0 Å². The van der Waals surface area contributed by atoms with Crippen molar-refractivity contribution in [1.82, 2.24) is 0 Å². The minimum absolute atomic E-state index is 0.0215. The number of hydrogen-bond acceptors (Lipinski definition) is 2. The number of allylic oxidation sites excluding steroid dienone is 6. The Morgan fingerprint density at radius 3 is 1.33 bits per heavy atom. The molecule has 0 bridgehead atoms. The normalized spacial score (nSPS) is 18.4. The summed E-state index contributed by atoms with van der Waals surface area (Å²) in [6, 6.07) is 105. The topological polar surface area (TPSA) is 6.48 Å². The predicted molar refractivity (Wildman–Crippen MR) is 423 cm³/mol. The first-order chi connectivity index (χ1) is 48.6. The molecule has 2 nitrogen and oxygen atoms in total. The van der Waals surface area contributed by atoms with Gasteiger partial charge in [0.05, 0.1) is 6.04 Å². The third-order valence-electron chi connectivity index (χ3n) is 24.2. The molecule has 19 rings (SSSR count). The number of anilines is 5. The zero-order valence-corrected chi connectivity index (χ0v) is 58.3. The van der Waals surface area contributed by atoms with Crippen LogP contribution in [0.3, 0.4) is 0 Å². The third-order valence-corrected chi connectivity index (χ3v) is 24.2. The minimum Gasteiger partial charge on any atom is -0.334 e. The lowest BCUT2D eigenvalue weighted by Crippen LogP contribution is -2.32. The lowest BCUT2D eigenvalue weighted by molar-refractivity contribution is 0.394. The molecule has 13 aromatic rings. The molecule has 100 heavy (non-hydrogen) atoms. The fourth-order valence-electron chi connectivity index (χ4n) is 19.1. The van der Waals surface area contributed by atoms with Crippen LogP contribution in [0.2, 0.25) is 0 Å². The first-order valence-corrected chi connectivity index (χ1v) is 36.1. The van der Waals surface area contributed by atoms with Crippen molar-refractivity contribution < 1.29 is 0 Å². The molecule has 0 spiro atoms. The largest absolute Gasteiger partial charge is 0.334 e. The van der Waals surface area contributed by atoms with Gasteiger partial charge in [-0.2, -0.15) is 0 Å². The molecule has 3 unspecified atom stereocenters. The van der Waals surface area contributed by atoms with Gasteiger partial charge in [0.1, 0.15) is 0 Å². The highest BCUT2D eigenvalue weighted by molar-refractivity contribution is 6.23. The SMILES string of the molecule is CC1(C)C2=CC(N(c3ccc4c(c3)C(C)(C)C3C=CC=CC43)c3ccc4c(-c5cccc(-c6ccccc6)c5)c5cc(N(c6ccc7c(c6)C(C)(C)c6ccccc6-7)c6ccc7c(c6)C(C)(C)c6ccccc6-7)ccc5c(-c5cccc(-c6ccccc6)c5)c4c3)CC=C2c2ccccc21. The van der Waals surface area contributed by atoms with E-state index >= 15 is 0 Å². The second kappa shape index (κ2) is 22.2. The van der Waals surface area contributed by atoms with Crippen molar-refractivity contribution in [2.24, 2.45) is 5.92 Å². The van der Waals surface area contributed by atoms with E-state index in [0.29, 0.717) is 11.8 Å². The van der Waals surface area contributed by atoms with Crippen molar-refractivity contribution in [3.63, 3.8) is 0 Å². The molecule has 0 radical (unpaired) electrons. The molecule has 482 valence electrons. The summed E-state index contributed by atoms with van der Waals surface area (Å²) in [5, 5.41) is 4.80. The average Bonchev–Trinajstić information content (AvgIpc) is 0.846. The number of fused-ring (bicyclic) bond motifs is 14. The Morgan fingerprint density at radius 2 is 0.750 bits per heavy atom. The van der Waals surface area contributed by atoms with Crippen molar-refractivity contribution in [1.29, 1.82) is 0 Å². The molecule has 0 aliphatic heterocycles. The molecule has 0 aromatic heterocycles. The highest BCUT2D eigenvalue weighted by atomic mass is 15.2. The molecule has 2 heteroatoms. The maximum atomic E-state index is 2.71. The molecule has 3 atom stereocenters. The minimum atomic E-state index is -0.205. The van der Waals surface area contributed by atoms with E-state index < -0.39 is 0 Å². The summed E-state index contributed by atoms with van der Waals surface area (Å²) in [6.07, 6.45) is 15.5. The number of benzene rings is 13. The zero-order chi connectivity index (χ0) is 67.6. The lowest BCUT2D eigenvalue weighted by atomic mass is 9.74. The van der Waals surface area contributed by atoms with Gasteiger partial charge in [0.25, 0.3) is 0 Å². The van der Waals surface area contributed by atoms with Crippen LogP contribution in [-0.2, 0) is 21.7 Å². The zero-order valence-electron chi connectivity index (χ0n) is 58.3. The summed E-state index contributed by atoms with van der Waals surface area (Å²) in [7, 11) is 0. The maximum Gasteiger partial charge on any atom is 0.0563 e. The molecule has 0 N–H and O–H groups in total. The number of rotatable bonds is 10. The van der Waals surface area contributed by atoms with Crippen molar-refractivity contribution in [2.75, 3.05) is 9.80 Å². The first kappa shape index (κ1) is 60.1. The van der Waals surface area contributed by atoms with Gasteiger partial charge in [-0.1, -0.05) is 292 Å². The van der Waals surface area contributed by atoms with Crippen LogP contribution in [0.1, 0.15) is 112 Å². The van der Waals surface area contributed by atoms with Crippen LogP contribution in [0.4, 0.5) is 28.4 Å². The van der Waals surface area contributed by atoms with Crippen LogP contribution in [-0.4, -0.2) is 6.04 Å². The Bertz CT molecular complexity index is 5620. The van der Waals surface area contributed by atoms with E-state index in [0.717, 1.165) is 23.5 Å². The maximum absolute atomic E-state index is 2.71. The van der Waals surface area contributed by atoms with Gasteiger partial charge in [-0.25, -0.2) is 0 Å². The Balaban J connectivity index is 0.887. The molecule has 13 aromatic carbocycles. The van der Waals surface area contributed by atoms with Crippen LogP contribution in [0.5, 0.6) is 0 Å². The van der Waals surface area contributed by atoms with Crippen molar-refractivity contribution >= 4 is 55.6 Å². The van der Waals surface area contributed by atoms with Gasteiger partial charge >= 0.3 is 0 Å². The van der Waals surface area contributed by atoms with Crippen LogP contribution < -0.4 is 9.80 Å². The van der Waals surface area contributed by atoms with E-state index in [-0.39, 0.29) is 27.7 Å². The number of nitrogens with zero attached hydrogens (tertiary/aromatic N) is 2. The third kappa shape index (κ3) is 9.01. The summed E-state index contributed by atoms with van der Waals surface area (Å²) < 4.78 is 0. The van der Waals surface area contributed by atoms with Crippen LogP contribution in [0, 0.1) is 5.92 Å². The monoisotopic (exact) mass is 1280 g/mol. The fraction of sp³-hybridized carbons (Fsp3) is 0.163. The quantitative estimate of drug-likeness (QED) is 0.126. The Morgan fingerprint density at radius 1 is 0.320 bits per heavy atom. The van der Waals surface area contributed by atoms with Gasteiger partial charge in [-0.15, -0.1) is 0 Å². The van der Waals surface area contributed by atoms with E-state index in [1.165, 1.54) is 155 Å². The summed E-state index contributed by atoms with van der Waals surface area (Å²) >= 11 is 0. The summed E-state index contributed by atoms with van der Waals surface area (Å²) in [5.74, 6) is 0.742. The lowest BCUT2D eigenvalue weighted by Gasteiger charge is -2.37. The van der Waals surface area contributed by atoms with Crippen molar-refractivity contribution in [3.05, 3.63) is 360 Å². The molecule has 6 aliphatic rings. The summed E-state index contributed by atoms with van der Waals surface area (Å²) in [4.78, 5) is 5.27. The van der Waals surface area contributed by atoms with Crippen molar-refractivity contribution in [2.45, 2.75) is 95.4 Å². The average molecular weight is 1290 g/mol. The molecule has 0 saturated carbocycles. The van der Waals surface area contributed by atoms with E-state index in [2.05, 4.69) is 375 Å². The summed E-state index contributed by atoms with van der Waals surface area (Å²) in [6.45, 7) is 19.4. The van der Waals surface area contributed by atoms with Gasteiger partial charge in [0.2, 0.25) is 0 Å². The van der Waals surface area contributed by atoms with Gasteiger partial charge in [-0.3, -0.25) is 0 Å². The molecular formula is C98H80N2. The van der Waals surface area contributed by atoms with Crippen LogP contribution in [0.15, 0.2) is 315 Å². The molecule has 6 aliphatic carbocycles. The van der Waals surface area contributed by atoms with Gasteiger partial charge < -0.3 is 9.80 Å². The van der Waals surface area contributed by atoms with Gasteiger partial charge in [-0.05, 0) is 235 Å². The van der Waals surface area contributed by atoms with Crippen LogP contribution in [0.25, 0.3) is 93.9 Å². The summed E-state index contributed by atoms with van der Waals surface area (Å²) in [5.41, 5.74) is 33.8. The Labute approximate surface area is 589 Å². The standard InChI is InChI=1S/C98H80N2/c1-95(2)85-37-19-15-33-73(85)77-47-41-69(57-89(77)95)99(70-42-48-78-74-34-16-20-38-86(74)96(3,4)90(78)58-70)67-45-51-81-83(55-67)93(65-31-23-29-63(53-65)61-25-11-9-12-26-61)82-52-46-68(56-84(82)94(81)66-32-24-30-64(54-66)62-27-13-10-14-28-62)100(71-43-49-79-75-35-17-21-39-87(75)97(5,6)91(79)59-71)72-44-50-80-76-36-18-22-40-88(76)98(7,8)92(80)60-72/h9-43,45-60,72,75,87H,44H2,1-8H3. The smallest absolute Gasteiger partial charge is 0.0563 e. The molecule has 0 fully saturated rings. The predicted octanol–water partition coefficient (Wildman–Crippen LogP) is 26.1. The first-order valence-electron chi connectivity index (χ1n) is 36.1. The van der Waals surface area contributed by atoms with Crippen molar-refractivity contribution in [3.8, 4) is 66.8 Å². The second-order valence-corrected chi connectivity index (χ2v) is 31.1. The second-order valence-electron chi connectivity index (χ2n) is 31.1. The molecule has 0 heterocycles. The highest BCUT2D eigenvalue weighted by Gasteiger charge is 2.46. The van der Waals surface area contributed by atoms with E-state index in [4.69, 9.17) is 0 Å². The molecular weight excluding hydrogens is 1210 g/mol.